The highest BCUT2D eigenvalue weighted by molar-refractivity contribution is 9.10. The van der Waals surface area contributed by atoms with E-state index in [-0.39, 0.29) is 12.5 Å². The first-order chi connectivity index (χ1) is 9.54. The number of aromatic nitrogens is 1. The summed E-state index contributed by atoms with van der Waals surface area (Å²) in [7, 11) is 0. The number of benzene rings is 1. The van der Waals surface area contributed by atoms with Crippen LogP contribution in [-0.2, 0) is 4.79 Å². The van der Waals surface area contributed by atoms with Crippen molar-refractivity contribution in [1.82, 2.24) is 4.98 Å². The van der Waals surface area contributed by atoms with Gasteiger partial charge in [-0.1, -0.05) is 6.07 Å². The summed E-state index contributed by atoms with van der Waals surface area (Å²) in [4.78, 5) is 15.7. The number of carbonyl (C=O) groups excluding carboxylic acids is 1. The molecular formula is C14H14BrN3O2. The molecule has 20 heavy (non-hydrogen) atoms. The molecule has 0 radical (unpaired) electrons. The van der Waals surface area contributed by atoms with E-state index in [2.05, 4.69) is 26.2 Å². The maximum absolute atomic E-state index is 11.8. The minimum atomic E-state index is -0.256. The monoisotopic (exact) mass is 335 g/mol. The maximum atomic E-state index is 11.8. The van der Waals surface area contributed by atoms with Gasteiger partial charge in [-0.05, 0) is 46.6 Å². The number of carbonyl (C=O) groups is 1. The van der Waals surface area contributed by atoms with Crippen molar-refractivity contribution >= 4 is 33.2 Å². The van der Waals surface area contributed by atoms with E-state index >= 15 is 0 Å². The van der Waals surface area contributed by atoms with E-state index in [1.165, 1.54) is 0 Å². The smallest absolute Gasteiger partial charge is 0.262 e. The maximum Gasteiger partial charge on any atom is 0.262 e. The predicted molar refractivity (Wildman–Crippen MR) is 81.7 cm³/mol. The third kappa shape index (κ3) is 3.96. The van der Waals surface area contributed by atoms with Gasteiger partial charge in [0.15, 0.2) is 6.61 Å². The molecule has 2 aromatic rings. The molecule has 3 N–H and O–H groups in total. The Hall–Kier alpha value is -2.08. The van der Waals surface area contributed by atoms with Gasteiger partial charge in [0.05, 0.1) is 6.20 Å². The van der Waals surface area contributed by atoms with Gasteiger partial charge in [0.1, 0.15) is 5.75 Å². The number of rotatable bonds is 4. The molecule has 6 heteroatoms. The van der Waals surface area contributed by atoms with Crippen LogP contribution in [0.5, 0.6) is 5.75 Å². The lowest BCUT2D eigenvalue weighted by atomic mass is 10.2. The van der Waals surface area contributed by atoms with Gasteiger partial charge in [-0.25, -0.2) is 0 Å². The van der Waals surface area contributed by atoms with Crippen LogP contribution in [0.1, 0.15) is 5.56 Å². The number of ether oxygens (including phenoxy) is 1. The summed E-state index contributed by atoms with van der Waals surface area (Å²) in [6, 6.07) is 7.10. The van der Waals surface area contributed by atoms with E-state index in [0.29, 0.717) is 17.1 Å². The standard InChI is InChI=1S/C14H14BrN3O2/c1-9-2-3-11(5-13(9)16)18-14(19)8-20-12-4-10(15)6-17-7-12/h2-7H,8,16H2,1H3,(H,18,19). The zero-order valence-electron chi connectivity index (χ0n) is 10.9. The van der Waals surface area contributed by atoms with Crippen molar-refractivity contribution in [3.8, 4) is 5.75 Å². The Bertz CT molecular complexity index is 632. The molecule has 1 heterocycles. The van der Waals surface area contributed by atoms with Gasteiger partial charge < -0.3 is 15.8 Å². The number of amides is 1. The van der Waals surface area contributed by atoms with Crippen LogP contribution in [0.3, 0.4) is 0 Å². The summed E-state index contributed by atoms with van der Waals surface area (Å²) in [6.45, 7) is 1.82. The highest BCUT2D eigenvalue weighted by Crippen LogP contribution is 2.18. The Kier molecular flexibility index (Phi) is 4.57. The molecule has 0 aliphatic heterocycles. The van der Waals surface area contributed by atoms with E-state index in [9.17, 15) is 4.79 Å². The number of nitrogens with one attached hydrogen (secondary N) is 1. The van der Waals surface area contributed by atoms with E-state index in [4.69, 9.17) is 10.5 Å². The number of aryl methyl sites for hydroxylation is 1. The van der Waals surface area contributed by atoms with E-state index < -0.39 is 0 Å². The van der Waals surface area contributed by atoms with Crippen molar-refractivity contribution in [1.29, 1.82) is 0 Å². The molecular weight excluding hydrogens is 322 g/mol. The van der Waals surface area contributed by atoms with E-state index in [1.807, 2.05) is 13.0 Å². The predicted octanol–water partition coefficient (Wildman–Crippen LogP) is 2.75. The molecule has 0 saturated heterocycles. The Morgan fingerprint density at radius 1 is 1.40 bits per heavy atom. The van der Waals surface area contributed by atoms with Gasteiger partial charge in [0, 0.05) is 22.0 Å². The van der Waals surface area contributed by atoms with Crippen molar-refractivity contribution in [2.24, 2.45) is 0 Å². The van der Waals surface area contributed by atoms with E-state index in [1.54, 1.807) is 30.6 Å². The minimum absolute atomic E-state index is 0.0914. The second-order valence-electron chi connectivity index (χ2n) is 4.25. The Morgan fingerprint density at radius 2 is 2.20 bits per heavy atom. The van der Waals surface area contributed by atoms with Crippen molar-refractivity contribution in [2.75, 3.05) is 17.7 Å². The molecule has 1 aromatic heterocycles. The lowest BCUT2D eigenvalue weighted by Crippen LogP contribution is -2.20. The molecule has 2 rings (SSSR count). The number of hydrogen-bond acceptors (Lipinski definition) is 4. The summed E-state index contributed by atoms with van der Waals surface area (Å²) >= 11 is 3.28. The second kappa shape index (κ2) is 6.38. The lowest BCUT2D eigenvalue weighted by Gasteiger charge is -2.09. The van der Waals surface area contributed by atoms with Crippen molar-refractivity contribution in [3.05, 3.63) is 46.7 Å². The molecule has 1 amide bonds. The summed E-state index contributed by atoms with van der Waals surface area (Å²) in [5.74, 6) is 0.270. The van der Waals surface area contributed by atoms with Crippen LogP contribution < -0.4 is 15.8 Å². The fourth-order valence-corrected chi connectivity index (χ4v) is 1.88. The quantitative estimate of drug-likeness (QED) is 0.842. The molecule has 104 valence electrons. The summed E-state index contributed by atoms with van der Waals surface area (Å²) in [5.41, 5.74) is 8.04. The molecule has 0 atom stereocenters. The summed E-state index contributed by atoms with van der Waals surface area (Å²) in [6.07, 6.45) is 3.18. The highest BCUT2D eigenvalue weighted by Gasteiger charge is 2.05. The third-order valence-corrected chi connectivity index (χ3v) is 3.05. The van der Waals surface area contributed by atoms with Crippen molar-refractivity contribution in [3.63, 3.8) is 0 Å². The van der Waals surface area contributed by atoms with Gasteiger partial charge in [-0.3, -0.25) is 9.78 Å². The molecule has 0 spiro atoms. The number of nitrogens with zero attached hydrogens (tertiary/aromatic N) is 1. The minimum Gasteiger partial charge on any atom is -0.482 e. The third-order valence-electron chi connectivity index (χ3n) is 2.61. The molecule has 0 aliphatic carbocycles. The SMILES string of the molecule is Cc1ccc(NC(=O)COc2cncc(Br)c2)cc1N. The molecule has 0 aliphatic rings. The summed E-state index contributed by atoms with van der Waals surface area (Å²) in [5, 5.41) is 2.72. The number of nitrogens with two attached hydrogens (primary N) is 1. The topological polar surface area (TPSA) is 77.2 Å². The normalized spacial score (nSPS) is 10.1. The van der Waals surface area contributed by atoms with Crippen LogP contribution in [0, 0.1) is 6.92 Å². The van der Waals surface area contributed by atoms with Crippen molar-refractivity contribution < 1.29 is 9.53 Å². The number of hydrogen-bond donors (Lipinski definition) is 2. The Morgan fingerprint density at radius 3 is 2.90 bits per heavy atom. The molecule has 0 bridgehead atoms. The van der Waals surface area contributed by atoms with Crippen LogP contribution in [0.2, 0.25) is 0 Å². The van der Waals surface area contributed by atoms with Crippen LogP contribution in [-0.4, -0.2) is 17.5 Å². The number of pyridine rings is 1. The van der Waals surface area contributed by atoms with Crippen LogP contribution in [0.4, 0.5) is 11.4 Å². The van der Waals surface area contributed by atoms with Gasteiger partial charge >= 0.3 is 0 Å². The van der Waals surface area contributed by atoms with Crippen LogP contribution >= 0.6 is 15.9 Å². The second-order valence-corrected chi connectivity index (χ2v) is 5.16. The molecule has 0 saturated carbocycles. The number of halogens is 1. The molecule has 1 aromatic carbocycles. The van der Waals surface area contributed by atoms with Gasteiger partial charge in [0.2, 0.25) is 0 Å². The fourth-order valence-electron chi connectivity index (χ4n) is 1.54. The van der Waals surface area contributed by atoms with Crippen LogP contribution in [0.15, 0.2) is 41.1 Å². The molecule has 5 nitrogen and oxygen atoms in total. The average molecular weight is 336 g/mol. The number of nitrogen functional groups attached to an aromatic ring is 1. The fraction of sp³-hybridized carbons (Fsp3) is 0.143. The van der Waals surface area contributed by atoms with E-state index in [0.717, 1.165) is 10.0 Å². The highest BCUT2D eigenvalue weighted by atomic mass is 79.9. The largest absolute Gasteiger partial charge is 0.482 e. The Labute approximate surface area is 125 Å². The van der Waals surface area contributed by atoms with Crippen molar-refractivity contribution in [2.45, 2.75) is 6.92 Å². The zero-order valence-corrected chi connectivity index (χ0v) is 12.5. The lowest BCUT2D eigenvalue weighted by molar-refractivity contribution is -0.118. The van der Waals surface area contributed by atoms with Crippen LogP contribution in [0.25, 0.3) is 0 Å². The Balaban J connectivity index is 1.91. The zero-order chi connectivity index (χ0) is 14.5. The average Bonchev–Trinajstić information content (AvgIpc) is 2.41. The van der Waals surface area contributed by atoms with Gasteiger partial charge in [-0.15, -0.1) is 0 Å². The first kappa shape index (κ1) is 14.3. The first-order valence-corrected chi connectivity index (χ1v) is 6.73. The summed E-state index contributed by atoms with van der Waals surface area (Å²) < 4.78 is 6.13. The molecule has 0 fully saturated rings. The van der Waals surface area contributed by atoms with Gasteiger partial charge in [-0.2, -0.15) is 0 Å². The van der Waals surface area contributed by atoms with Gasteiger partial charge in [0.25, 0.3) is 5.91 Å². The molecule has 0 unspecified atom stereocenters. The number of anilines is 2. The first-order valence-electron chi connectivity index (χ1n) is 5.94.